The van der Waals surface area contributed by atoms with Crippen molar-refractivity contribution >= 4 is 23.5 Å². The van der Waals surface area contributed by atoms with Gasteiger partial charge in [0.15, 0.2) is 0 Å². The van der Waals surface area contributed by atoms with Crippen molar-refractivity contribution in [3.8, 4) is 17.2 Å². The molecule has 0 bridgehead atoms. The lowest BCUT2D eigenvalue weighted by molar-refractivity contribution is -0.200. The number of hydrogen-bond acceptors (Lipinski definition) is 19. The van der Waals surface area contributed by atoms with E-state index in [2.05, 4.69) is 9.80 Å². The number of hydrogen-bond donors (Lipinski definition) is 8. The van der Waals surface area contributed by atoms with Crippen LogP contribution in [-0.4, -0.2) is 183 Å². The maximum Gasteiger partial charge on any atom is 0.132 e. The molecule has 6 fully saturated rings. The fourth-order valence-electron chi connectivity index (χ4n) is 13.8. The molecule has 0 aliphatic carbocycles. The second kappa shape index (κ2) is 31.1. The average molecular weight is 1370 g/mol. The summed E-state index contributed by atoms with van der Waals surface area (Å²) in [5.74, 6) is -1.46. The van der Waals surface area contributed by atoms with Gasteiger partial charge >= 0.3 is 0 Å². The molecule has 0 saturated carbocycles. The van der Waals surface area contributed by atoms with E-state index in [1.165, 1.54) is 42.8 Å². The molecule has 514 valence electrons. The van der Waals surface area contributed by atoms with Crippen LogP contribution in [0.5, 0.6) is 17.2 Å². The fraction of sp³-hybridized carbons (Fsp3) is 0.486. The summed E-state index contributed by atoms with van der Waals surface area (Å²) in [7, 11) is 1.39. The van der Waals surface area contributed by atoms with Crippen molar-refractivity contribution in [2.24, 2.45) is 11.5 Å². The van der Waals surface area contributed by atoms with Gasteiger partial charge in [-0.05, 0) is 157 Å². The molecule has 6 heterocycles. The van der Waals surface area contributed by atoms with Crippen molar-refractivity contribution in [1.29, 1.82) is 0 Å². The molecule has 0 spiro atoms. The van der Waals surface area contributed by atoms with Crippen LogP contribution < -0.4 is 25.7 Å². The van der Waals surface area contributed by atoms with Crippen LogP contribution in [0.1, 0.15) is 100 Å². The summed E-state index contributed by atoms with van der Waals surface area (Å²) in [6.07, 6.45) is -4.86. The number of nitrogens with zero attached hydrogens (tertiary/aromatic N) is 2. The minimum atomic E-state index is -1.45. The van der Waals surface area contributed by atoms with Crippen LogP contribution in [0.25, 0.3) is 0 Å². The van der Waals surface area contributed by atoms with Crippen molar-refractivity contribution < 1.29 is 90.1 Å². The molecule has 18 atom stereocenters. The number of nitrogens with two attached hydrogens (primary N) is 2. The van der Waals surface area contributed by atoms with Crippen LogP contribution in [0.3, 0.4) is 0 Å². The van der Waals surface area contributed by atoms with E-state index in [4.69, 9.17) is 44.6 Å². The average Bonchev–Trinajstić information content (AvgIpc) is 1.17. The summed E-state index contributed by atoms with van der Waals surface area (Å²) in [6, 6.07) is 26.5. The molecule has 0 amide bonds. The molecule has 0 unspecified atom stereocenters. The Labute approximate surface area is 556 Å². The van der Waals surface area contributed by atoms with E-state index in [1.807, 2.05) is 48.5 Å². The minimum absolute atomic E-state index is 0.0354. The molecule has 6 aromatic rings. The quantitative estimate of drug-likeness (QED) is 0.0403. The van der Waals surface area contributed by atoms with Crippen molar-refractivity contribution in [2.45, 2.75) is 154 Å². The van der Waals surface area contributed by atoms with Gasteiger partial charge in [-0.25, -0.2) is 26.3 Å². The van der Waals surface area contributed by atoms with E-state index >= 15 is 8.78 Å². The zero-order chi connectivity index (χ0) is 67.5. The van der Waals surface area contributed by atoms with Gasteiger partial charge in [-0.2, -0.15) is 0 Å². The summed E-state index contributed by atoms with van der Waals surface area (Å²) in [5, 5.41) is 62.7. The molecule has 6 aliphatic heterocycles. The molecule has 6 aliphatic rings. The van der Waals surface area contributed by atoms with Crippen LogP contribution in [-0.2, 0) is 31.8 Å². The standard InChI is InChI=1S/C35H41F3N2O7S.C35H41F3N2O6S/c1-44-29-15-27(38)19(12-25(29)34-31(42)30(41)32(43)35(47-34)48-2)11-18-3-6-22(7-4-18)46-23-9-10-40(16-23)21-14-28(39)33(45-17-21)24-13-20(36)5-8-26(24)37;1-18-11-28(38)20(13-25(18)34-31(42)30(41)32(43)35(46-34)47-2)12-19-3-6-23(7-4-19)45-24-9-10-40(16-24)22-15-29(39)33(44-17-22)26-14-21(36)5-8-27(26)37/h3-8,12-13,15,21,23,28,30-35,41-43H,9-11,14,16-17,39H2,1-2H3;3-8,11,13-14,22,24,29-35,41-43H,9-10,12,15-17,39H2,1-2H3/t21-,23-,28+,30-,31-,32+,33-,34+,35-;22-,24-,29+,30-,31-,32+,33-,34+,35-/m11/s1. The van der Waals surface area contributed by atoms with Crippen molar-refractivity contribution in [2.75, 3.05) is 59.0 Å². The fourth-order valence-corrected chi connectivity index (χ4v) is 15.1. The summed E-state index contributed by atoms with van der Waals surface area (Å²) in [6.45, 7) is 5.36. The Morgan fingerprint density at radius 1 is 0.495 bits per heavy atom. The first-order valence-electron chi connectivity index (χ1n) is 31.8. The maximum atomic E-state index is 15.2. The predicted octanol–water partition coefficient (Wildman–Crippen LogP) is 8.01. The highest BCUT2D eigenvalue weighted by Crippen LogP contribution is 2.43. The summed E-state index contributed by atoms with van der Waals surface area (Å²) in [4.78, 5) is 4.53. The van der Waals surface area contributed by atoms with Crippen LogP contribution in [0, 0.1) is 41.8 Å². The highest BCUT2D eigenvalue weighted by atomic mass is 32.2. The topological polar surface area (TPSA) is 245 Å². The Hall–Kier alpha value is -5.56. The largest absolute Gasteiger partial charge is 0.496 e. The number of benzene rings is 6. The van der Waals surface area contributed by atoms with Gasteiger partial charge in [-0.15, -0.1) is 23.5 Å². The third kappa shape index (κ3) is 16.1. The van der Waals surface area contributed by atoms with Gasteiger partial charge in [-0.3, -0.25) is 9.80 Å². The van der Waals surface area contributed by atoms with E-state index in [1.54, 1.807) is 31.6 Å². The monoisotopic (exact) mass is 1360 g/mol. The van der Waals surface area contributed by atoms with Crippen LogP contribution >= 0.6 is 23.5 Å². The van der Waals surface area contributed by atoms with E-state index in [0.29, 0.717) is 84.9 Å². The Morgan fingerprint density at radius 2 is 0.916 bits per heavy atom. The van der Waals surface area contributed by atoms with Crippen LogP contribution in [0.15, 0.2) is 109 Å². The first-order valence-corrected chi connectivity index (χ1v) is 34.4. The van der Waals surface area contributed by atoms with Crippen molar-refractivity contribution in [3.63, 3.8) is 0 Å². The molecule has 6 saturated heterocycles. The van der Waals surface area contributed by atoms with E-state index in [9.17, 15) is 48.2 Å². The first-order chi connectivity index (χ1) is 45.6. The van der Waals surface area contributed by atoms with Crippen molar-refractivity contribution in [3.05, 3.63) is 194 Å². The van der Waals surface area contributed by atoms with E-state index in [-0.39, 0.29) is 53.4 Å². The number of aliphatic hydroxyl groups excluding tert-OH is 6. The molecule has 0 radical (unpaired) electrons. The lowest BCUT2D eigenvalue weighted by atomic mass is 9.89. The Morgan fingerprint density at radius 3 is 1.34 bits per heavy atom. The molecule has 10 N–H and O–H groups in total. The second-order valence-electron chi connectivity index (χ2n) is 25.4. The summed E-state index contributed by atoms with van der Waals surface area (Å²) < 4.78 is 128. The van der Waals surface area contributed by atoms with Gasteiger partial charge < -0.3 is 75.3 Å². The smallest absolute Gasteiger partial charge is 0.132 e. The SMILES string of the molecule is COc1cc(F)c(Cc2ccc(O[C@@H]3CCN([C@H]4CO[C@H](c5cc(F)ccc5F)[C@@H](N)C4)C3)cc2)cc1[C@@H]1O[C@H](SC)[C@@H](O)[C@H](O)[C@H]1O.CS[C@H]1O[C@@H](c2cc(Cc3ccc(O[C@@H]4CCN([C@H]5CO[C@H](c6cc(F)ccc6F)[C@@H](N)C5)C4)cc3)c(F)cc2C)[C@H](O)[C@@H](O)[C@@H]1O. The number of aliphatic hydroxyl groups is 6. The van der Waals surface area contributed by atoms with Gasteiger partial charge in [0.05, 0.1) is 20.3 Å². The number of halogens is 6. The molecule has 12 rings (SSSR count). The third-order valence-electron chi connectivity index (χ3n) is 19.0. The first kappa shape index (κ1) is 70.7. The molecule has 0 aromatic heterocycles. The minimum Gasteiger partial charge on any atom is -0.496 e. The number of ether oxygens (including phenoxy) is 7. The third-order valence-corrected chi connectivity index (χ3v) is 20.7. The molecule has 17 nitrogen and oxygen atoms in total. The molecule has 25 heteroatoms. The number of methoxy groups -OCH3 is 1. The normalized spacial score (nSPS) is 31.4. The summed E-state index contributed by atoms with van der Waals surface area (Å²) in [5.41, 5.74) is 15.5. The molecule has 6 aromatic carbocycles. The summed E-state index contributed by atoms with van der Waals surface area (Å²) >= 11 is 2.43. The molecular formula is C70H82F6N4O13S2. The maximum absolute atomic E-state index is 15.2. The van der Waals surface area contributed by atoms with Gasteiger partial charge in [0.1, 0.15) is 136 Å². The number of likely N-dealkylation sites (tertiary alicyclic amines) is 2. The van der Waals surface area contributed by atoms with Gasteiger partial charge in [0.25, 0.3) is 0 Å². The number of thioether (sulfide) groups is 2. The highest BCUT2D eigenvalue weighted by molar-refractivity contribution is 7.99. The van der Waals surface area contributed by atoms with E-state index < -0.39 is 113 Å². The Kier molecular flexibility index (Phi) is 23.2. The van der Waals surface area contributed by atoms with Crippen LogP contribution in [0.2, 0.25) is 0 Å². The number of aryl methyl sites for hydroxylation is 1. The Bertz CT molecular complexity index is 3580. The second-order valence-corrected chi connectivity index (χ2v) is 27.3. The van der Waals surface area contributed by atoms with Crippen LogP contribution in [0.4, 0.5) is 26.3 Å². The molecular weight excluding hydrogens is 1280 g/mol. The van der Waals surface area contributed by atoms with Gasteiger partial charge in [0, 0.05) is 85.9 Å². The van der Waals surface area contributed by atoms with E-state index in [0.717, 1.165) is 73.5 Å². The zero-order valence-electron chi connectivity index (χ0n) is 52.9. The Balaban J connectivity index is 0.000000193. The zero-order valence-corrected chi connectivity index (χ0v) is 54.6. The lowest BCUT2D eigenvalue weighted by Crippen LogP contribution is -2.53. The van der Waals surface area contributed by atoms with Crippen molar-refractivity contribution in [1.82, 2.24) is 9.80 Å². The predicted molar refractivity (Wildman–Crippen MR) is 345 cm³/mol. The lowest BCUT2D eigenvalue weighted by Gasteiger charge is -2.40. The van der Waals surface area contributed by atoms with Gasteiger partial charge in [-0.1, -0.05) is 24.3 Å². The number of rotatable bonds is 17. The molecule has 95 heavy (non-hydrogen) atoms. The van der Waals surface area contributed by atoms with Gasteiger partial charge in [0.2, 0.25) is 0 Å². The highest BCUT2D eigenvalue weighted by Gasteiger charge is 2.47.